The summed E-state index contributed by atoms with van der Waals surface area (Å²) in [4.78, 5) is 12.6. The van der Waals surface area contributed by atoms with Gasteiger partial charge in [-0.25, -0.2) is 0 Å². The second-order valence-electron chi connectivity index (χ2n) is 6.16. The van der Waals surface area contributed by atoms with Gasteiger partial charge in [0.15, 0.2) is 0 Å². The Morgan fingerprint density at radius 1 is 1.20 bits per heavy atom. The third kappa shape index (κ3) is 3.44. The van der Waals surface area contributed by atoms with E-state index in [4.69, 9.17) is 0 Å². The van der Waals surface area contributed by atoms with Gasteiger partial charge in [-0.05, 0) is 49.8 Å². The molecule has 110 valence electrons. The smallest absolute Gasteiger partial charge is 0.108 e. The Balaban J connectivity index is 2.27. The van der Waals surface area contributed by atoms with Crippen LogP contribution in [0.4, 0.5) is 5.69 Å². The molecule has 1 aromatic rings. The van der Waals surface area contributed by atoms with E-state index in [-0.39, 0.29) is 5.92 Å². The Morgan fingerprint density at radius 2 is 1.80 bits per heavy atom. The second-order valence-corrected chi connectivity index (χ2v) is 6.16. The van der Waals surface area contributed by atoms with Crippen LogP contribution in [0, 0.1) is 4.91 Å². The average molecular weight is 276 g/mol. The molecule has 1 aromatic carbocycles. The van der Waals surface area contributed by atoms with Crippen molar-refractivity contribution in [3.63, 3.8) is 0 Å². The maximum absolute atomic E-state index is 11.0. The molecule has 1 atom stereocenters. The van der Waals surface area contributed by atoms with E-state index in [0.29, 0.717) is 5.69 Å². The fourth-order valence-corrected chi connectivity index (χ4v) is 3.23. The maximum atomic E-state index is 11.0. The lowest BCUT2D eigenvalue weighted by atomic mass is 9.72. The van der Waals surface area contributed by atoms with Crippen molar-refractivity contribution in [2.45, 2.75) is 43.6 Å². The molecule has 0 amide bonds. The average Bonchev–Trinajstić information content (AvgIpc) is 2.45. The van der Waals surface area contributed by atoms with Gasteiger partial charge in [0, 0.05) is 12.5 Å². The van der Waals surface area contributed by atoms with Crippen LogP contribution in [0.2, 0.25) is 0 Å². The molecular weight excluding hydrogens is 252 g/mol. The first kappa shape index (κ1) is 15.1. The van der Waals surface area contributed by atoms with Crippen LogP contribution in [0.5, 0.6) is 0 Å². The van der Waals surface area contributed by atoms with Gasteiger partial charge < -0.3 is 10.0 Å². The van der Waals surface area contributed by atoms with E-state index in [2.05, 4.69) is 10.1 Å². The summed E-state index contributed by atoms with van der Waals surface area (Å²) in [6.07, 6.45) is 5.12. The van der Waals surface area contributed by atoms with E-state index in [0.717, 1.165) is 37.8 Å². The van der Waals surface area contributed by atoms with E-state index < -0.39 is 5.60 Å². The number of benzene rings is 1. The van der Waals surface area contributed by atoms with Gasteiger partial charge >= 0.3 is 0 Å². The highest BCUT2D eigenvalue weighted by Crippen LogP contribution is 2.40. The van der Waals surface area contributed by atoms with Gasteiger partial charge in [0.05, 0.1) is 5.60 Å². The quantitative estimate of drug-likeness (QED) is 0.838. The zero-order valence-electron chi connectivity index (χ0n) is 12.4. The van der Waals surface area contributed by atoms with Gasteiger partial charge in [-0.3, -0.25) is 0 Å². The molecule has 0 heterocycles. The molecule has 1 aliphatic rings. The number of nitroso groups, excluding NO2 is 1. The van der Waals surface area contributed by atoms with Gasteiger partial charge in [-0.1, -0.05) is 31.4 Å². The van der Waals surface area contributed by atoms with Crippen LogP contribution in [-0.4, -0.2) is 36.2 Å². The highest BCUT2D eigenvalue weighted by Gasteiger charge is 2.38. The topological polar surface area (TPSA) is 52.9 Å². The lowest BCUT2D eigenvalue weighted by molar-refractivity contribution is -0.0277. The summed E-state index contributed by atoms with van der Waals surface area (Å²) in [5.74, 6) is 0.0819. The molecule has 1 fully saturated rings. The summed E-state index contributed by atoms with van der Waals surface area (Å²) in [7, 11) is 4.06. The van der Waals surface area contributed by atoms with Crippen LogP contribution >= 0.6 is 0 Å². The van der Waals surface area contributed by atoms with Crippen molar-refractivity contribution in [3.8, 4) is 0 Å². The Kier molecular flexibility index (Phi) is 4.89. The minimum atomic E-state index is -0.626. The van der Waals surface area contributed by atoms with Crippen molar-refractivity contribution in [1.82, 2.24) is 4.90 Å². The minimum absolute atomic E-state index is 0.0819. The molecule has 20 heavy (non-hydrogen) atoms. The molecule has 4 nitrogen and oxygen atoms in total. The Morgan fingerprint density at radius 3 is 2.30 bits per heavy atom. The molecule has 0 bridgehead atoms. The third-order valence-corrected chi connectivity index (χ3v) is 4.32. The molecule has 0 radical (unpaired) electrons. The van der Waals surface area contributed by atoms with Crippen molar-refractivity contribution in [3.05, 3.63) is 34.7 Å². The largest absolute Gasteiger partial charge is 0.389 e. The zero-order chi connectivity index (χ0) is 14.6. The third-order valence-electron chi connectivity index (χ3n) is 4.32. The zero-order valence-corrected chi connectivity index (χ0v) is 12.4. The van der Waals surface area contributed by atoms with E-state index in [9.17, 15) is 10.0 Å². The van der Waals surface area contributed by atoms with E-state index in [1.165, 1.54) is 6.42 Å². The summed E-state index contributed by atoms with van der Waals surface area (Å²) < 4.78 is 0. The molecule has 0 spiro atoms. The SMILES string of the molecule is CN(C)CC(c1ccc(N=O)cc1)C1(O)CCCCC1. The van der Waals surface area contributed by atoms with Crippen LogP contribution in [-0.2, 0) is 0 Å². The predicted octanol–water partition coefficient (Wildman–Crippen LogP) is 3.42. The summed E-state index contributed by atoms with van der Waals surface area (Å²) in [5.41, 5.74) is 0.905. The molecule has 1 saturated carbocycles. The highest BCUT2D eigenvalue weighted by atomic mass is 16.3. The van der Waals surface area contributed by atoms with Gasteiger partial charge in [-0.2, -0.15) is 0 Å². The summed E-state index contributed by atoms with van der Waals surface area (Å²) in [6.45, 7) is 0.810. The van der Waals surface area contributed by atoms with Crippen LogP contribution in [0.1, 0.15) is 43.6 Å². The monoisotopic (exact) mass is 276 g/mol. The van der Waals surface area contributed by atoms with E-state index >= 15 is 0 Å². The van der Waals surface area contributed by atoms with Crippen molar-refractivity contribution in [2.24, 2.45) is 5.18 Å². The molecule has 0 aromatic heterocycles. The van der Waals surface area contributed by atoms with Gasteiger partial charge in [-0.15, -0.1) is 4.91 Å². The fourth-order valence-electron chi connectivity index (χ4n) is 3.23. The van der Waals surface area contributed by atoms with Crippen LogP contribution in [0.15, 0.2) is 29.4 Å². The molecule has 1 aliphatic carbocycles. The Bertz CT molecular complexity index is 436. The lowest BCUT2D eigenvalue weighted by Gasteiger charge is -2.40. The number of hydrogen-bond donors (Lipinski definition) is 1. The summed E-state index contributed by atoms with van der Waals surface area (Å²) >= 11 is 0. The van der Waals surface area contributed by atoms with E-state index in [1.807, 2.05) is 26.2 Å². The van der Waals surface area contributed by atoms with Crippen molar-refractivity contribution in [2.75, 3.05) is 20.6 Å². The number of nitrogens with zero attached hydrogens (tertiary/aromatic N) is 2. The van der Waals surface area contributed by atoms with Crippen LogP contribution < -0.4 is 0 Å². The maximum Gasteiger partial charge on any atom is 0.108 e. The highest BCUT2D eigenvalue weighted by molar-refractivity contribution is 5.40. The molecule has 0 aliphatic heterocycles. The van der Waals surface area contributed by atoms with Crippen molar-refractivity contribution < 1.29 is 5.11 Å². The molecule has 1 unspecified atom stereocenters. The number of hydrogen-bond acceptors (Lipinski definition) is 4. The standard InChI is InChI=1S/C16H24N2O2/c1-18(2)12-15(16(19)10-4-3-5-11-16)13-6-8-14(17-20)9-7-13/h6-9,15,19H,3-5,10-12H2,1-2H3. The summed E-state index contributed by atoms with van der Waals surface area (Å²) in [5, 5.41) is 14.0. The number of rotatable bonds is 5. The molecular formula is C16H24N2O2. The first-order chi connectivity index (χ1) is 9.55. The molecule has 0 saturated heterocycles. The van der Waals surface area contributed by atoms with Crippen molar-refractivity contribution >= 4 is 5.69 Å². The summed E-state index contributed by atoms with van der Waals surface area (Å²) in [6, 6.07) is 7.32. The minimum Gasteiger partial charge on any atom is -0.389 e. The fraction of sp³-hybridized carbons (Fsp3) is 0.625. The van der Waals surface area contributed by atoms with Crippen molar-refractivity contribution in [1.29, 1.82) is 0 Å². The first-order valence-electron chi connectivity index (χ1n) is 7.35. The van der Waals surface area contributed by atoms with Gasteiger partial charge in [0.2, 0.25) is 0 Å². The Hall–Kier alpha value is -1.26. The van der Waals surface area contributed by atoms with E-state index in [1.54, 1.807) is 12.1 Å². The van der Waals surface area contributed by atoms with Crippen LogP contribution in [0.3, 0.4) is 0 Å². The van der Waals surface area contributed by atoms with Crippen LogP contribution in [0.25, 0.3) is 0 Å². The number of aliphatic hydroxyl groups is 1. The van der Waals surface area contributed by atoms with Gasteiger partial charge in [0.1, 0.15) is 5.69 Å². The normalized spacial score (nSPS) is 19.8. The first-order valence-corrected chi connectivity index (χ1v) is 7.35. The molecule has 1 N–H and O–H groups in total. The molecule has 2 rings (SSSR count). The number of likely N-dealkylation sites (N-methyl/N-ethyl adjacent to an activating group) is 1. The van der Waals surface area contributed by atoms with Gasteiger partial charge in [0.25, 0.3) is 0 Å². The lowest BCUT2D eigenvalue weighted by Crippen LogP contribution is -2.42. The molecule has 4 heteroatoms. The second kappa shape index (κ2) is 6.46. The Labute approximate surface area is 120 Å². The predicted molar refractivity (Wildman–Crippen MR) is 81.2 cm³/mol.